The van der Waals surface area contributed by atoms with Crippen LogP contribution in [-0.2, 0) is 4.79 Å². The van der Waals surface area contributed by atoms with Gasteiger partial charge in [0.15, 0.2) is 11.5 Å². The van der Waals surface area contributed by atoms with Crippen LogP contribution >= 0.6 is 0 Å². The van der Waals surface area contributed by atoms with Gasteiger partial charge in [0, 0.05) is 0 Å². The summed E-state index contributed by atoms with van der Waals surface area (Å²) in [4.78, 5) is 10.5. The summed E-state index contributed by atoms with van der Waals surface area (Å²) >= 11 is 0. The van der Waals surface area contributed by atoms with Gasteiger partial charge in [-0.2, -0.15) is 0 Å². The van der Waals surface area contributed by atoms with Crippen molar-refractivity contribution in [3.05, 3.63) is 47.1 Å². The van der Waals surface area contributed by atoms with Crippen LogP contribution in [0.4, 0.5) is 0 Å². The number of allylic oxidation sites excluding steroid dienone is 4. The van der Waals surface area contributed by atoms with Crippen LogP contribution in [0.1, 0.15) is 39.2 Å². The topological polar surface area (TPSA) is 44.8 Å². The predicted octanol–water partition coefficient (Wildman–Crippen LogP) is 4.99. The van der Waals surface area contributed by atoms with Gasteiger partial charge in [-0.3, -0.25) is 4.79 Å². The maximum atomic E-state index is 10.5. The van der Waals surface area contributed by atoms with Gasteiger partial charge in [0.1, 0.15) is 12.9 Å². The molecule has 0 bridgehead atoms. The number of hydrogen-bond acceptors (Lipinski definition) is 4. The fourth-order valence-electron chi connectivity index (χ4n) is 2.25. The molecule has 4 heteroatoms. The zero-order valence-corrected chi connectivity index (χ0v) is 15.8. The Bertz CT molecular complexity index is 625. The quantitative estimate of drug-likeness (QED) is 0.341. The molecule has 0 atom stereocenters. The van der Waals surface area contributed by atoms with Gasteiger partial charge in [-0.25, -0.2) is 0 Å². The summed E-state index contributed by atoms with van der Waals surface area (Å²) in [5, 5.41) is 0. The molecule has 25 heavy (non-hydrogen) atoms. The number of aldehydes is 1. The normalized spacial score (nSPS) is 11.3. The molecule has 0 saturated heterocycles. The molecular weight excluding hydrogens is 316 g/mol. The van der Waals surface area contributed by atoms with E-state index < -0.39 is 0 Å². The van der Waals surface area contributed by atoms with Gasteiger partial charge in [-0.1, -0.05) is 23.3 Å². The minimum Gasteiger partial charge on any atom is -0.493 e. The average molecular weight is 344 g/mol. The van der Waals surface area contributed by atoms with E-state index in [0.29, 0.717) is 23.9 Å². The summed E-state index contributed by atoms with van der Waals surface area (Å²) in [6, 6.07) is 3.62. The van der Waals surface area contributed by atoms with Crippen molar-refractivity contribution in [1.82, 2.24) is 0 Å². The summed E-state index contributed by atoms with van der Waals surface area (Å²) < 4.78 is 16.7. The van der Waals surface area contributed by atoms with Gasteiger partial charge in [0.2, 0.25) is 5.75 Å². The van der Waals surface area contributed by atoms with Crippen LogP contribution in [0.25, 0.3) is 6.08 Å². The highest BCUT2D eigenvalue weighted by molar-refractivity contribution is 5.75. The molecule has 0 fully saturated rings. The first kappa shape index (κ1) is 20.6. The van der Waals surface area contributed by atoms with Crippen LogP contribution in [-0.4, -0.2) is 27.1 Å². The highest BCUT2D eigenvalue weighted by Crippen LogP contribution is 2.39. The molecule has 0 saturated carbocycles. The Morgan fingerprint density at radius 3 is 2.20 bits per heavy atom. The number of carbonyl (C=O) groups is 1. The maximum absolute atomic E-state index is 10.5. The summed E-state index contributed by atoms with van der Waals surface area (Å²) in [6.45, 7) is 6.75. The Balaban J connectivity index is 2.84. The molecule has 0 aliphatic rings. The molecule has 0 aliphatic heterocycles. The molecule has 1 aromatic rings. The van der Waals surface area contributed by atoms with Crippen molar-refractivity contribution in [2.24, 2.45) is 0 Å². The fourth-order valence-corrected chi connectivity index (χ4v) is 2.25. The van der Waals surface area contributed by atoms with Crippen molar-refractivity contribution < 1.29 is 19.0 Å². The summed E-state index contributed by atoms with van der Waals surface area (Å²) in [5.74, 6) is 1.70. The number of ether oxygens (including phenoxy) is 3. The number of rotatable bonds is 10. The molecule has 0 aromatic heterocycles. The number of methoxy groups -OCH3 is 2. The van der Waals surface area contributed by atoms with E-state index in [1.165, 1.54) is 17.2 Å². The Morgan fingerprint density at radius 1 is 1.04 bits per heavy atom. The molecule has 0 aliphatic carbocycles. The smallest absolute Gasteiger partial charge is 0.203 e. The van der Waals surface area contributed by atoms with E-state index in [-0.39, 0.29) is 0 Å². The summed E-state index contributed by atoms with van der Waals surface area (Å²) in [5.41, 5.74) is 3.42. The second-order valence-corrected chi connectivity index (χ2v) is 5.93. The van der Waals surface area contributed by atoms with Crippen molar-refractivity contribution >= 4 is 12.4 Å². The number of hydrogen-bond donors (Lipinski definition) is 0. The zero-order chi connectivity index (χ0) is 18.7. The van der Waals surface area contributed by atoms with Crippen LogP contribution in [0.15, 0.2) is 41.5 Å². The van der Waals surface area contributed by atoms with Gasteiger partial charge < -0.3 is 14.2 Å². The van der Waals surface area contributed by atoms with Gasteiger partial charge in [-0.15, -0.1) is 0 Å². The second-order valence-electron chi connectivity index (χ2n) is 5.93. The van der Waals surface area contributed by atoms with E-state index in [4.69, 9.17) is 14.2 Å². The molecule has 0 N–H and O–H groups in total. The Kier molecular flexibility index (Phi) is 9.15. The van der Waals surface area contributed by atoms with E-state index in [9.17, 15) is 4.79 Å². The third-order valence-electron chi connectivity index (χ3n) is 3.60. The van der Waals surface area contributed by atoms with Gasteiger partial charge in [-0.05, 0) is 63.5 Å². The molecule has 136 valence electrons. The minimum absolute atomic E-state index is 0.441. The van der Waals surface area contributed by atoms with Crippen molar-refractivity contribution in [1.29, 1.82) is 0 Å². The van der Waals surface area contributed by atoms with Crippen molar-refractivity contribution in [2.45, 2.75) is 33.6 Å². The molecule has 1 rings (SSSR count). The van der Waals surface area contributed by atoms with Crippen LogP contribution < -0.4 is 14.2 Å². The Morgan fingerprint density at radius 2 is 1.68 bits per heavy atom. The van der Waals surface area contributed by atoms with Crippen molar-refractivity contribution in [2.75, 3.05) is 20.8 Å². The summed E-state index contributed by atoms with van der Waals surface area (Å²) in [6.07, 6.45) is 10.2. The SMILES string of the molecule is COc1cc(/C=C/C=O)cc(OC)c1OC/C=C(\C)CCC=C(C)C. The molecule has 0 unspecified atom stereocenters. The first-order chi connectivity index (χ1) is 12.0. The molecule has 1 aromatic carbocycles. The standard InChI is InChI=1S/C21H28O4/c1-16(2)8-6-9-17(3)11-13-25-21-19(23-4)14-18(10-7-12-22)15-20(21)24-5/h7-8,10-12,14-15H,6,9,13H2,1-5H3/b10-7+,17-11+. The zero-order valence-electron chi connectivity index (χ0n) is 15.8. The van der Waals surface area contributed by atoms with Crippen molar-refractivity contribution in [3.63, 3.8) is 0 Å². The van der Waals surface area contributed by atoms with E-state index in [2.05, 4.69) is 32.9 Å². The van der Waals surface area contributed by atoms with E-state index in [1.807, 2.05) is 12.1 Å². The highest BCUT2D eigenvalue weighted by Gasteiger charge is 2.13. The van der Waals surface area contributed by atoms with E-state index in [1.54, 1.807) is 20.3 Å². The lowest BCUT2D eigenvalue weighted by Crippen LogP contribution is -2.00. The molecule has 4 nitrogen and oxygen atoms in total. The molecule has 0 amide bonds. The maximum Gasteiger partial charge on any atom is 0.203 e. The number of carbonyl (C=O) groups excluding carboxylic acids is 1. The lowest BCUT2D eigenvalue weighted by atomic mass is 10.1. The number of benzene rings is 1. The lowest BCUT2D eigenvalue weighted by molar-refractivity contribution is -0.104. The van der Waals surface area contributed by atoms with Crippen LogP contribution in [0.2, 0.25) is 0 Å². The molecule has 0 radical (unpaired) electrons. The van der Waals surface area contributed by atoms with E-state index in [0.717, 1.165) is 24.7 Å². The largest absolute Gasteiger partial charge is 0.493 e. The fraction of sp³-hybridized carbons (Fsp3) is 0.381. The molecule has 0 spiro atoms. The van der Waals surface area contributed by atoms with Gasteiger partial charge in [0.25, 0.3) is 0 Å². The molecule has 0 heterocycles. The van der Waals surface area contributed by atoms with Crippen LogP contribution in [0.5, 0.6) is 17.2 Å². The first-order valence-electron chi connectivity index (χ1n) is 8.31. The Hall–Kier alpha value is -2.49. The third kappa shape index (κ3) is 7.29. The van der Waals surface area contributed by atoms with Gasteiger partial charge in [0.05, 0.1) is 14.2 Å². The average Bonchev–Trinajstić information content (AvgIpc) is 2.59. The first-order valence-corrected chi connectivity index (χ1v) is 8.31. The predicted molar refractivity (Wildman–Crippen MR) is 103 cm³/mol. The minimum atomic E-state index is 0.441. The summed E-state index contributed by atoms with van der Waals surface area (Å²) in [7, 11) is 3.16. The monoisotopic (exact) mass is 344 g/mol. The van der Waals surface area contributed by atoms with E-state index >= 15 is 0 Å². The van der Waals surface area contributed by atoms with Crippen LogP contribution in [0, 0.1) is 0 Å². The highest BCUT2D eigenvalue weighted by atomic mass is 16.5. The third-order valence-corrected chi connectivity index (χ3v) is 3.60. The Labute approximate surface area is 150 Å². The lowest BCUT2D eigenvalue weighted by Gasteiger charge is -2.14. The van der Waals surface area contributed by atoms with Gasteiger partial charge >= 0.3 is 0 Å². The van der Waals surface area contributed by atoms with Crippen molar-refractivity contribution in [3.8, 4) is 17.2 Å². The molecular formula is C21H28O4. The van der Waals surface area contributed by atoms with Crippen LogP contribution in [0.3, 0.4) is 0 Å². The second kappa shape index (κ2) is 11.1.